The molecule has 6 nitrogen and oxygen atoms in total. The molecule has 0 fully saturated rings. The van der Waals surface area contributed by atoms with Crippen molar-refractivity contribution in [3.63, 3.8) is 0 Å². The predicted molar refractivity (Wildman–Crippen MR) is 130 cm³/mol. The molecule has 0 atom stereocenters. The molecule has 0 heterocycles. The molecule has 0 aromatic heterocycles. The van der Waals surface area contributed by atoms with Crippen LogP contribution in [0, 0.1) is 5.82 Å². The Morgan fingerprint density at radius 3 is 2.33 bits per heavy atom. The van der Waals surface area contributed by atoms with Gasteiger partial charge in [-0.1, -0.05) is 18.2 Å². The van der Waals surface area contributed by atoms with Crippen molar-refractivity contribution in [2.45, 2.75) is 20.1 Å². The highest BCUT2D eigenvalue weighted by atomic mass is 79.9. The summed E-state index contributed by atoms with van der Waals surface area (Å²) >= 11 is 3.56. The summed E-state index contributed by atoms with van der Waals surface area (Å²) in [4.78, 5) is 0. The smallest absolute Gasteiger partial charge is 0.175 e. The maximum Gasteiger partial charge on any atom is 0.175 e. The monoisotopic (exact) mass is 516 g/mol. The summed E-state index contributed by atoms with van der Waals surface area (Å²) in [6.07, 6.45) is 1.71. The molecule has 33 heavy (non-hydrogen) atoms. The molecule has 174 valence electrons. The zero-order valence-corrected chi connectivity index (χ0v) is 20.3. The van der Waals surface area contributed by atoms with Crippen LogP contribution in [-0.4, -0.2) is 27.0 Å². The SMILES string of the molecule is CCOc1cc(/C=N\NCc2ccc(OC)c(OC)c2)cc(Br)c1OCc1ccc(F)cc1. The van der Waals surface area contributed by atoms with Gasteiger partial charge in [-0.05, 0) is 75.9 Å². The van der Waals surface area contributed by atoms with Crippen LogP contribution in [0.25, 0.3) is 0 Å². The number of ether oxygens (including phenoxy) is 4. The number of nitrogens with one attached hydrogen (secondary N) is 1. The van der Waals surface area contributed by atoms with Gasteiger partial charge in [0.05, 0.1) is 38.1 Å². The van der Waals surface area contributed by atoms with Crippen molar-refractivity contribution in [1.29, 1.82) is 0 Å². The number of rotatable bonds is 11. The lowest BCUT2D eigenvalue weighted by Crippen LogP contribution is -2.06. The van der Waals surface area contributed by atoms with Gasteiger partial charge in [-0.3, -0.25) is 0 Å². The van der Waals surface area contributed by atoms with Crippen LogP contribution in [0.3, 0.4) is 0 Å². The average molecular weight is 517 g/mol. The van der Waals surface area contributed by atoms with Crippen molar-refractivity contribution < 1.29 is 23.3 Å². The minimum Gasteiger partial charge on any atom is -0.493 e. The van der Waals surface area contributed by atoms with Crippen molar-refractivity contribution in [3.05, 3.63) is 81.6 Å². The predicted octanol–water partition coefficient (Wildman–Crippen LogP) is 5.71. The molecular weight excluding hydrogens is 491 g/mol. The Balaban J connectivity index is 1.66. The third-order valence-corrected chi connectivity index (χ3v) is 5.25. The minimum absolute atomic E-state index is 0.279. The Kier molecular flexibility index (Phi) is 8.95. The highest BCUT2D eigenvalue weighted by molar-refractivity contribution is 9.10. The van der Waals surface area contributed by atoms with E-state index in [9.17, 15) is 4.39 Å². The fraction of sp³-hybridized carbons (Fsp3) is 0.240. The molecule has 0 aliphatic rings. The summed E-state index contributed by atoms with van der Waals surface area (Å²) < 4.78 is 36.1. The molecule has 8 heteroatoms. The normalized spacial score (nSPS) is 10.8. The molecule has 3 aromatic carbocycles. The number of halogens is 2. The molecule has 0 aliphatic heterocycles. The average Bonchev–Trinajstić information content (AvgIpc) is 2.82. The van der Waals surface area contributed by atoms with E-state index in [-0.39, 0.29) is 5.82 Å². The first-order valence-corrected chi connectivity index (χ1v) is 11.1. The fourth-order valence-corrected chi connectivity index (χ4v) is 3.62. The first-order chi connectivity index (χ1) is 16.0. The maximum absolute atomic E-state index is 13.1. The second-order valence-corrected chi connectivity index (χ2v) is 7.81. The van der Waals surface area contributed by atoms with Crippen LogP contribution in [0.4, 0.5) is 4.39 Å². The summed E-state index contributed by atoms with van der Waals surface area (Å²) in [7, 11) is 3.21. The van der Waals surface area contributed by atoms with Gasteiger partial charge in [-0.25, -0.2) is 4.39 Å². The summed E-state index contributed by atoms with van der Waals surface area (Å²) in [5.74, 6) is 2.24. The third kappa shape index (κ3) is 6.86. The van der Waals surface area contributed by atoms with E-state index in [1.54, 1.807) is 32.6 Å². The van der Waals surface area contributed by atoms with E-state index in [2.05, 4.69) is 26.5 Å². The summed E-state index contributed by atoms with van der Waals surface area (Å²) in [5.41, 5.74) is 5.73. The van der Waals surface area contributed by atoms with E-state index >= 15 is 0 Å². The second kappa shape index (κ2) is 12.1. The van der Waals surface area contributed by atoms with Crippen molar-refractivity contribution in [1.82, 2.24) is 5.43 Å². The van der Waals surface area contributed by atoms with Gasteiger partial charge >= 0.3 is 0 Å². The van der Waals surface area contributed by atoms with E-state index < -0.39 is 0 Å². The molecule has 3 aromatic rings. The maximum atomic E-state index is 13.1. The molecule has 0 saturated carbocycles. The van der Waals surface area contributed by atoms with Gasteiger partial charge in [0.2, 0.25) is 0 Å². The van der Waals surface area contributed by atoms with Crippen LogP contribution in [0.15, 0.2) is 64.2 Å². The molecule has 0 saturated heterocycles. The van der Waals surface area contributed by atoms with Crippen LogP contribution in [0.5, 0.6) is 23.0 Å². The largest absolute Gasteiger partial charge is 0.493 e. The van der Waals surface area contributed by atoms with Gasteiger partial charge in [0, 0.05) is 0 Å². The Morgan fingerprint density at radius 2 is 1.64 bits per heavy atom. The van der Waals surface area contributed by atoms with Crippen LogP contribution in [0.2, 0.25) is 0 Å². The number of methoxy groups -OCH3 is 2. The van der Waals surface area contributed by atoms with Crippen molar-refractivity contribution in [3.8, 4) is 23.0 Å². The number of hydrazone groups is 1. The zero-order valence-electron chi connectivity index (χ0n) is 18.7. The van der Waals surface area contributed by atoms with Crippen LogP contribution in [0.1, 0.15) is 23.6 Å². The van der Waals surface area contributed by atoms with E-state index in [4.69, 9.17) is 18.9 Å². The third-order valence-electron chi connectivity index (χ3n) is 4.66. The summed E-state index contributed by atoms with van der Waals surface area (Å²) in [6.45, 7) is 3.20. The molecule has 0 radical (unpaired) electrons. The molecule has 0 aliphatic carbocycles. The van der Waals surface area contributed by atoms with Gasteiger partial charge in [-0.15, -0.1) is 0 Å². The summed E-state index contributed by atoms with van der Waals surface area (Å²) in [5, 5.41) is 4.31. The van der Waals surface area contributed by atoms with Crippen molar-refractivity contribution in [2.24, 2.45) is 5.10 Å². The highest BCUT2D eigenvalue weighted by Crippen LogP contribution is 2.37. The van der Waals surface area contributed by atoms with Gasteiger partial charge in [0.1, 0.15) is 12.4 Å². The standard InChI is InChI=1S/C25H26BrFN2O4/c1-4-32-24-13-19(11-21(26)25(24)33-16-17-5-8-20(27)9-6-17)15-29-28-14-18-7-10-22(30-2)23(12-18)31-3/h5-13,15,28H,4,14,16H2,1-3H3/b29-15-. The number of nitrogens with zero attached hydrogens (tertiary/aromatic N) is 1. The molecule has 0 amide bonds. The minimum atomic E-state index is -0.279. The van der Waals surface area contributed by atoms with Gasteiger partial charge in [0.15, 0.2) is 23.0 Å². The molecule has 3 rings (SSSR count). The topological polar surface area (TPSA) is 61.3 Å². The Hall–Kier alpha value is -3.26. The van der Waals surface area contributed by atoms with Crippen LogP contribution in [-0.2, 0) is 13.2 Å². The molecule has 0 bridgehead atoms. The Bertz CT molecular complexity index is 1090. The highest BCUT2D eigenvalue weighted by Gasteiger charge is 2.12. The number of hydrogen-bond acceptors (Lipinski definition) is 6. The lowest BCUT2D eigenvalue weighted by Gasteiger charge is -2.14. The van der Waals surface area contributed by atoms with Gasteiger partial charge in [-0.2, -0.15) is 5.10 Å². The van der Waals surface area contributed by atoms with Crippen LogP contribution >= 0.6 is 15.9 Å². The first kappa shape index (κ1) is 24.4. The zero-order chi connectivity index (χ0) is 23.6. The lowest BCUT2D eigenvalue weighted by molar-refractivity contribution is 0.267. The van der Waals surface area contributed by atoms with Gasteiger partial charge < -0.3 is 24.4 Å². The van der Waals surface area contributed by atoms with Gasteiger partial charge in [0.25, 0.3) is 0 Å². The molecular formula is C25H26BrFN2O4. The quantitative estimate of drug-likeness (QED) is 0.261. The number of hydrogen-bond donors (Lipinski definition) is 1. The van der Waals surface area contributed by atoms with E-state index in [0.29, 0.717) is 42.8 Å². The number of benzene rings is 3. The van der Waals surface area contributed by atoms with Crippen molar-refractivity contribution in [2.75, 3.05) is 20.8 Å². The van der Waals surface area contributed by atoms with E-state index in [1.165, 1.54) is 12.1 Å². The van der Waals surface area contributed by atoms with Crippen LogP contribution < -0.4 is 24.4 Å². The van der Waals surface area contributed by atoms with E-state index in [0.717, 1.165) is 21.2 Å². The fourth-order valence-electron chi connectivity index (χ4n) is 3.05. The summed E-state index contributed by atoms with van der Waals surface area (Å²) in [6, 6.07) is 15.6. The molecule has 0 unspecified atom stereocenters. The first-order valence-electron chi connectivity index (χ1n) is 10.3. The van der Waals surface area contributed by atoms with E-state index in [1.807, 2.05) is 37.3 Å². The lowest BCUT2D eigenvalue weighted by atomic mass is 10.2. The van der Waals surface area contributed by atoms with Crippen molar-refractivity contribution >= 4 is 22.1 Å². The second-order valence-electron chi connectivity index (χ2n) is 6.96. The molecule has 0 spiro atoms. The Labute approximate surface area is 201 Å². The molecule has 1 N–H and O–H groups in total. The Morgan fingerprint density at radius 1 is 0.909 bits per heavy atom.